The molecule has 0 N–H and O–H groups in total. The standard InChI is InChI=1S/C39H39N5OSe/c1-38(2,3)27-10-7-11-29(22-27)42-20-21-43(26-42)30-12-8-13-31(24-30)45-32-15-16-34-33(25-32)44(37-35(46-34)14-9-18-41-37)36-23-28(17-19-40-36)39(4,5)6/h7-25H,26H2,1-6H3. The SMILES string of the molecule is CC(C)(C)c1cccc(N2C=CN(c3cccc(Oc4ccc5c(c4)N(c4cc(C(C)(C)C)ccn4)c4ncccc4[Se]5)c3)C2)c1. The molecule has 3 aromatic carbocycles. The van der Waals surface area contributed by atoms with E-state index in [-0.39, 0.29) is 25.8 Å². The first kappa shape index (κ1) is 30.1. The van der Waals surface area contributed by atoms with Gasteiger partial charge in [0.05, 0.1) is 0 Å². The van der Waals surface area contributed by atoms with Crippen molar-refractivity contribution in [2.45, 2.75) is 52.4 Å². The number of hydrogen-bond donors (Lipinski definition) is 0. The first-order chi connectivity index (χ1) is 22.0. The Kier molecular flexibility index (Phi) is 7.62. The van der Waals surface area contributed by atoms with Crippen molar-refractivity contribution < 1.29 is 4.74 Å². The van der Waals surface area contributed by atoms with Gasteiger partial charge >= 0.3 is 223 Å². The third kappa shape index (κ3) is 6.01. The Morgan fingerprint density at radius 3 is 2.09 bits per heavy atom. The van der Waals surface area contributed by atoms with Gasteiger partial charge in [-0.05, 0) is 23.1 Å². The van der Waals surface area contributed by atoms with Crippen LogP contribution >= 0.6 is 0 Å². The molecule has 232 valence electrons. The minimum Gasteiger partial charge on any atom is -0.0346 e. The van der Waals surface area contributed by atoms with Crippen LogP contribution < -0.4 is 28.4 Å². The quantitative estimate of drug-likeness (QED) is 0.173. The number of rotatable bonds is 5. The van der Waals surface area contributed by atoms with Crippen molar-refractivity contribution in [3.63, 3.8) is 0 Å². The maximum Gasteiger partial charge on any atom is -0.0346 e. The molecule has 0 saturated carbocycles. The van der Waals surface area contributed by atoms with Crippen LogP contribution in [0.25, 0.3) is 0 Å². The Balaban J connectivity index is 1.15. The molecule has 0 saturated heterocycles. The molecule has 0 bridgehead atoms. The van der Waals surface area contributed by atoms with Gasteiger partial charge in [0, 0.05) is 0 Å². The molecule has 46 heavy (non-hydrogen) atoms. The summed E-state index contributed by atoms with van der Waals surface area (Å²) >= 11 is 0.121. The van der Waals surface area contributed by atoms with Crippen LogP contribution in [-0.4, -0.2) is 31.6 Å². The van der Waals surface area contributed by atoms with E-state index in [1.807, 2.05) is 24.5 Å². The van der Waals surface area contributed by atoms with Gasteiger partial charge in [-0.15, -0.1) is 0 Å². The van der Waals surface area contributed by atoms with Crippen molar-refractivity contribution in [1.82, 2.24) is 9.97 Å². The van der Waals surface area contributed by atoms with Gasteiger partial charge in [-0.25, -0.2) is 0 Å². The van der Waals surface area contributed by atoms with Gasteiger partial charge in [-0.3, -0.25) is 0 Å². The molecule has 0 spiro atoms. The monoisotopic (exact) mass is 673 g/mol. The first-order valence-electron chi connectivity index (χ1n) is 15.7. The number of nitrogens with zero attached hydrogens (tertiary/aromatic N) is 5. The van der Waals surface area contributed by atoms with Crippen LogP contribution in [0, 0.1) is 0 Å². The van der Waals surface area contributed by atoms with E-state index in [0.717, 1.165) is 41.2 Å². The normalized spacial score (nSPS) is 14.3. The van der Waals surface area contributed by atoms with Crippen LogP contribution in [0.15, 0.2) is 116 Å². The van der Waals surface area contributed by atoms with E-state index >= 15 is 0 Å². The average Bonchev–Trinajstić information content (AvgIpc) is 3.54. The first-order valence-corrected chi connectivity index (χ1v) is 17.4. The Morgan fingerprint density at radius 1 is 0.630 bits per heavy atom. The van der Waals surface area contributed by atoms with Crippen molar-refractivity contribution >= 4 is 52.6 Å². The molecule has 4 heterocycles. The number of benzene rings is 3. The molecular weight excluding hydrogens is 633 g/mol. The van der Waals surface area contributed by atoms with Crippen LogP contribution in [0.1, 0.15) is 52.7 Å². The Morgan fingerprint density at radius 2 is 1.33 bits per heavy atom. The maximum atomic E-state index is 6.53. The third-order valence-electron chi connectivity index (χ3n) is 8.35. The molecule has 6 nitrogen and oxygen atoms in total. The zero-order chi connectivity index (χ0) is 32.1. The van der Waals surface area contributed by atoms with E-state index in [1.165, 1.54) is 25.7 Å². The van der Waals surface area contributed by atoms with Gasteiger partial charge in [0.1, 0.15) is 0 Å². The second-order valence-electron chi connectivity index (χ2n) is 13.8. The second-order valence-corrected chi connectivity index (χ2v) is 16.1. The van der Waals surface area contributed by atoms with Gasteiger partial charge < -0.3 is 0 Å². The summed E-state index contributed by atoms with van der Waals surface area (Å²) in [7, 11) is 0. The average molecular weight is 673 g/mol. The van der Waals surface area contributed by atoms with Crippen molar-refractivity contribution in [3.05, 3.63) is 127 Å². The second kappa shape index (κ2) is 11.7. The summed E-state index contributed by atoms with van der Waals surface area (Å²) in [6.07, 6.45) is 8.04. The molecule has 0 atom stereocenters. The van der Waals surface area contributed by atoms with E-state index in [9.17, 15) is 0 Å². The van der Waals surface area contributed by atoms with Gasteiger partial charge in [-0.1, -0.05) is 32.9 Å². The third-order valence-corrected chi connectivity index (χ3v) is 10.7. The van der Waals surface area contributed by atoms with Gasteiger partial charge in [0.2, 0.25) is 0 Å². The molecule has 0 aliphatic carbocycles. The van der Waals surface area contributed by atoms with Crippen molar-refractivity contribution in [2.24, 2.45) is 0 Å². The fourth-order valence-corrected chi connectivity index (χ4v) is 7.81. The largest absolute Gasteiger partial charge is 0.0346 e. The summed E-state index contributed by atoms with van der Waals surface area (Å²) in [5.41, 5.74) is 5.99. The van der Waals surface area contributed by atoms with Crippen LogP contribution in [0.5, 0.6) is 11.5 Å². The van der Waals surface area contributed by atoms with Crippen LogP contribution in [0.2, 0.25) is 0 Å². The molecule has 2 aliphatic rings. The minimum atomic E-state index is 0.00118. The summed E-state index contributed by atoms with van der Waals surface area (Å²) in [5.74, 6) is 3.37. The number of aromatic nitrogens is 2. The number of ether oxygens (including phenoxy) is 1. The summed E-state index contributed by atoms with van der Waals surface area (Å²) in [5, 5.41) is 0. The zero-order valence-corrected chi connectivity index (χ0v) is 28.9. The summed E-state index contributed by atoms with van der Waals surface area (Å²) in [6, 6.07) is 32.0. The predicted molar refractivity (Wildman–Crippen MR) is 191 cm³/mol. The predicted octanol–water partition coefficient (Wildman–Crippen LogP) is 8.06. The number of anilines is 5. The van der Waals surface area contributed by atoms with Crippen molar-refractivity contribution in [3.8, 4) is 11.5 Å². The summed E-state index contributed by atoms with van der Waals surface area (Å²) < 4.78 is 9.05. The molecule has 7 rings (SSSR count). The van der Waals surface area contributed by atoms with E-state index in [1.54, 1.807) is 0 Å². The van der Waals surface area contributed by atoms with Gasteiger partial charge in [0.15, 0.2) is 0 Å². The number of pyridine rings is 2. The summed E-state index contributed by atoms with van der Waals surface area (Å²) in [4.78, 5) is 16.4. The molecular formula is C39H39N5OSe. The topological polar surface area (TPSA) is 44.7 Å². The van der Waals surface area contributed by atoms with Crippen LogP contribution in [0.3, 0.4) is 0 Å². The molecule has 5 aromatic rings. The molecule has 2 aromatic heterocycles. The fraction of sp³-hybridized carbons (Fsp3) is 0.231. The van der Waals surface area contributed by atoms with Crippen LogP contribution in [-0.2, 0) is 10.8 Å². The molecule has 7 heteroatoms. The number of fused-ring (bicyclic) bond motifs is 2. The smallest absolute Gasteiger partial charge is 0.0346 e. The fourth-order valence-electron chi connectivity index (χ4n) is 5.69. The van der Waals surface area contributed by atoms with E-state index in [0.29, 0.717) is 0 Å². The van der Waals surface area contributed by atoms with Crippen molar-refractivity contribution in [1.29, 1.82) is 0 Å². The Hall–Kier alpha value is -4.58. The molecule has 0 fully saturated rings. The van der Waals surface area contributed by atoms with Gasteiger partial charge in [0.25, 0.3) is 0 Å². The maximum absolute atomic E-state index is 6.53. The van der Waals surface area contributed by atoms with E-state index in [2.05, 4.69) is 148 Å². The minimum absolute atomic E-state index is 0.00118. The number of hydrogen-bond acceptors (Lipinski definition) is 6. The van der Waals surface area contributed by atoms with E-state index < -0.39 is 0 Å². The van der Waals surface area contributed by atoms with E-state index in [4.69, 9.17) is 14.7 Å². The molecule has 0 radical (unpaired) electrons. The molecule has 0 amide bonds. The Bertz CT molecular complexity index is 1940. The van der Waals surface area contributed by atoms with Gasteiger partial charge in [-0.2, -0.15) is 0 Å². The zero-order valence-electron chi connectivity index (χ0n) is 27.2. The van der Waals surface area contributed by atoms with Crippen LogP contribution in [0.4, 0.5) is 28.7 Å². The Labute approximate surface area is 278 Å². The van der Waals surface area contributed by atoms with Crippen molar-refractivity contribution in [2.75, 3.05) is 21.4 Å². The summed E-state index contributed by atoms with van der Waals surface area (Å²) in [6.45, 7) is 14.2. The molecule has 0 unspecified atom stereocenters. The molecule has 2 aliphatic heterocycles.